The lowest BCUT2D eigenvalue weighted by Gasteiger charge is -2.31. The van der Waals surface area contributed by atoms with Gasteiger partial charge in [0.2, 0.25) is 0 Å². The molecule has 1 unspecified atom stereocenters. The first-order chi connectivity index (χ1) is 7.51. The van der Waals surface area contributed by atoms with Crippen LogP contribution in [-0.4, -0.2) is 38.5 Å². The maximum atomic E-state index is 12.3. The molecule has 0 amide bonds. The van der Waals surface area contributed by atoms with E-state index in [9.17, 15) is 8.42 Å². The van der Waals surface area contributed by atoms with Gasteiger partial charge in [-0.2, -0.15) is 4.31 Å². The summed E-state index contributed by atoms with van der Waals surface area (Å²) in [4.78, 5) is 1.01. The average Bonchev–Trinajstić information content (AvgIpc) is 2.66. The molecule has 4 nitrogen and oxygen atoms in total. The van der Waals surface area contributed by atoms with Gasteiger partial charge in [0.15, 0.2) is 0 Å². The second-order valence-corrected chi connectivity index (χ2v) is 7.31. The van der Waals surface area contributed by atoms with Crippen LogP contribution >= 0.6 is 11.3 Å². The van der Waals surface area contributed by atoms with Gasteiger partial charge >= 0.3 is 0 Å². The quantitative estimate of drug-likeness (QED) is 0.810. The first-order valence-corrected chi connectivity index (χ1v) is 7.43. The molecule has 0 aliphatic carbocycles. The van der Waals surface area contributed by atoms with E-state index in [-0.39, 0.29) is 6.04 Å². The summed E-state index contributed by atoms with van der Waals surface area (Å²) in [6.45, 7) is 5.18. The number of aryl methyl sites for hydroxylation is 1. The SMILES string of the molecule is Cc1ccc(S(=O)(=O)N2CCOCC2C)s1. The third-order valence-electron chi connectivity index (χ3n) is 2.59. The van der Waals surface area contributed by atoms with Crippen molar-refractivity contribution < 1.29 is 13.2 Å². The number of nitrogens with zero attached hydrogens (tertiary/aromatic N) is 1. The van der Waals surface area contributed by atoms with Crippen molar-refractivity contribution in [3.63, 3.8) is 0 Å². The molecule has 0 aromatic carbocycles. The highest BCUT2D eigenvalue weighted by molar-refractivity contribution is 7.91. The second-order valence-electron chi connectivity index (χ2n) is 3.90. The number of hydrogen-bond donors (Lipinski definition) is 0. The normalized spacial score (nSPS) is 23.5. The van der Waals surface area contributed by atoms with E-state index in [1.165, 1.54) is 15.6 Å². The summed E-state index contributed by atoms with van der Waals surface area (Å²) in [7, 11) is -3.32. The van der Waals surface area contributed by atoms with Crippen molar-refractivity contribution in [1.82, 2.24) is 4.31 Å². The van der Waals surface area contributed by atoms with Gasteiger partial charge < -0.3 is 4.74 Å². The van der Waals surface area contributed by atoms with Crippen LogP contribution in [-0.2, 0) is 14.8 Å². The smallest absolute Gasteiger partial charge is 0.252 e. The van der Waals surface area contributed by atoms with Crippen LogP contribution in [0.25, 0.3) is 0 Å². The fraction of sp³-hybridized carbons (Fsp3) is 0.600. The van der Waals surface area contributed by atoms with Crippen LogP contribution in [0.15, 0.2) is 16.3 Å². The van der Waals surface area contributed by atoms with E-state index in [0.29, 0.717) is 24.0 Å². The lowest BCUT2D eigenvalue weighted by atomic mass is 10.3. The monoisotopic (exact) mass is 261 g/mol. The Kier molecular flexibility index (Phi) is 3.34. The number of rotatable bonds is 2. The average molecular weight is 261 g/mol. The molecule has 16 heavy (non-hydrogen) atoms. The van der Waals surface area contributed by atoms with Gasteiger partial charge in [0, 0.05) is 17.5 Å². The predicted octanol–water partition coefficient (Wildman–Crippen LogP) is 1.47. The Morgan fingerprint density at radius 1 is 1.50 bits per heavy atom. The van der Waals surface area contributed by atoms with Gasteiger partial charge in [-0.05, 0) is 26.0 Å². The lowest BCUT2D eigenvalue weighted by molar-refractivity contribution is 0.0393. The van der Waals surface area contributed by atoms with Gasteiger partial charge in [-0.25, -0.2) is 8.42 Å². The summed E-state index contributed by atoms with van der Waals surface area (Å²) < 4.78 is 31.8. The third kappa shape index (κ3) is 2.15. The number of morpholine rings is 1. The fourth-order valence-corrected chi connectivity index (χ4v) is 4.75. The van der Waals surface area contributed by atoms with Crippen LogP contribution in [0, 0.1) is 6.92 Å². The van der Waals surface area contributed by atoms with E-state index >= 15 is 0 Å². The van der Waals surface area contributed by atoms with Crippen molar-refractivity contribution >= 4 is 21.4 Å². The number of hydrogen-bond acceptors (Lipinski definition) is 4. The molecular weight excluding hydrogens is 246 g/mol. The van der Waals surface area contributed by atoms with E-state index in [2.05, 4.69) is 0 Å². The summed E-state index contributed by atoms with van der Waals surface area (Å²) in [5.41, 5.74) is 0. The van der Waals surface area contributed by atoms with Gasteiger partial charge in [0.05, 0.1) is 13.2 Å². The molecule has 1 aromatic rings. The Hall–Kier alpha value is -0.430. The summed E-state index contributed by atoms with van der Waals surface area (Å²) in [5.74, 6) is 0. The van der Waals surface area contributed by atoms with Crippen LogP contribution in [0.1, 0.15) is 11.8 Å². The largest absolute Gasteiger partial charge is 0.378 e. The molecule has 90 valence electrons. The van der Waals surface area contributed by atoms with Crippen molar-refractivity contribution in [3.8, 4) is 0 Å². The standard InChI is InChI=1S/C10H15NO3S2/c1-8-7-14-6-5-11(8)16(12,13)10-4-3-9(2)15-10/h3-4,8H,5-7H2,1-2H3. The Morgan fingerprint density at radius 2 is 2.25 bits per heavy atom. The van der Waals surface area contributed by atoms with Crippen molar-refractivity contribution in [2.45, 2.75) is 24.1 Å². The molecule has 1 saturated heterocycles. The van der Waals surface area contributed by atoms with Crippen molar-refractivity contribution in [3.05, 3.63) is 17.0 Å². The topological polar surface area (TPSA) is 46.6 Å². The van der Waals surface area contributed by atoms with Crippen molar-refractivity contribution in [2.24, 2.45) is 0 Å². The van der Waals surface area contributed by atoms with Crippen LogP contribution in [0.5, 0.6) is 0 Å². The molecule has 0 saturated carbocycles. The zero-order valence-corrected chi connectivity index (χ0v) is 11.0. The highest BCUT2D eigenvalue weighted by Crippen LogP contribution is 2.26. The first kappa shape index (κ1) is 12.0. The van der Waals surface area contributed by atoms with E-state index in [1.807, 2.05) is 19.9 Å². The molecule has 1 atom stereocenters. The fourth-order valence-electron chi connectivity index (χ4n) is 1.74. The van der Waals surface area contributed by atoms with E-state index in [0.717, 1.165) is 4.88 Å². The number of sulfonamides is 1. The molecule has 2 heterocycles. The molecule has 1 aromatic heterocycles. The molecule has 1 aliphatic heterocycles. The maximum Gasteiger partial charge on any atom is 0.252 e. The van der Waals surface area contributed by atoms with E-state index < -0.39 is 10.0 Å². The van der Waals surface area contributed by atoms with Crippen LogP contribution in [0.3, 0.4) is 0 Å². The first-order valence-electron chi connectivity index (χ1n) is 5.18. The summed E-state index contributed by atoms with van der Waals surface area (Å²) in [5, 5.41) is 0. The van der Waals surface area contributed by atoms with Crippen LogP contribution in [0.4, 0.5) is 0 Å². The minimum Gasteiger partial charge on any atom is -0.378 e. The summed E-state index contributed by atoms with van der Waals surface area (Å²) in [6.07, 6.45) is 0. The van der Waals surface area contributed by atoms with Gasteiger partial charge in [-0.15, -0.1) is 11.3 Å². The van der Waals surface area contributed by atoms with E-state index in [4.69, 9.17) is 4.74 Å². The highest BCUT2D eigenvalue weighted by Gasteiger charge is 2.32. The summed E-state index contributed by atoms with van der Waals surface area (Å²) in [6, 6.07) is 3.43. The van der Waals surface area contributed by atoms with E-state index in [1.54, 1.807) is 6.07 Å². The van der Waals surface area contributed by atoms with Crippen LogP contribution in [0.2, 0.25) is 0 Å². The Balaban J connectivity index is 2.31. The molecule has 1 aliphatic rings. The highest BCUT2D eigenvalue weighted by atomic mass is 32.2. The minimum atomic E-state index is -3.32. The Labute approximate surface area is 99.9 Å². The molecular formula is C10H15NO3S2. The van der Waals surface area contributed by atoms with Gasteiger partial charge in [-0.1, -0.05) is 0 Å². The molecule has 6 heteroatoms. The zero-order chi connectivity index (χ0) is 11.8. The molecule has 0 bridgehead atoms. The molecule has 1 fully saturated rings. The lowest BCUT2D eigenvalue weighted by Crippen LogP contribution is -2.46. The Morgan fingerprint density at radius 3 is 2.81 bits per heavy atom. The number of thiophene rings is 1. The Bertz CT molecular complexity index is 466. The van der Waals surface area contributed by atoms with Crippen LogP contribution < -0.4 is 0 Å². The summed E-state index contributed by atoms with van der Waals surface area (Å²) >= 11 is 1.32. The number of ether oxygens (including phenoxy) is 1. The van der Waals surface area contributed by atoms with Gasteiger partial charge in [0.25, 0.3) is 10.0 Å². The zero-order valence-electron chi connectivity index (χ0n) is 9.34. The van der Waals surface area contributed by atoms with Crippen molar-refractivity contribution in [1.29, 1.82) is 0 Å². The second kappa shape index (κ2) is 4.44. The third-order valence-corrected chi connectivity index (χ3v) is 6.07. The van der Waals surface area contributed by atoms with Gasteiger partial charge in [0.1, 0.15) is 4.21 Å². The molecule has 0 spiro atoms. The minimum absolute atomic E-state index is 0.0823. The molecule has 0 radical (unpaired) electrons. The predicted molar refractivity (Wildman–Crippen MR) is 63.2 cm³/mol. The maximum absolute atomic E-state index is 12.3. The molecule has 0 N–H and O–H groups in total. The van der Waals surface area contributed by atoms with Crippen molar-refractivity contribution in [2.75, 3.05) is 19.8 Å². The van der Waals surface area contributed by atoms with Gasteiger partial charge in [-0.3, -0.25) is 0 Å². The molecule has 2 rings (SSSR count).